The summed E-state index contributed by atoms with van der Waals surface area (Å²) in [5.41, 5.74) is 2.64. The van der Waals surface area contributed by atoms with E-state index in [0.29, 0.717) is 47.9 Å². The van der Waals surface area contributed by atoms with Gasteiger partial charge in [0.05, 0.1) is 11.8 Å². The molecular weight excluding hydrogens is 450 g/mol. The zero-order chi connectivity index (χ0) is 23.3. The van der Waals surface area contributed by atoms with Gasteiger partial charge in [0, 0.05) is 29.7 Å². The summed E-state index contributed by atoms with van der Waals surface area (Å²) in [6.45, 7) is 3.45. The van der Waals surface area contributed by atoms with Crippen molar-refractivity contribution in [1.82, 2.24) is 19.7 Å². The molecule has 1 aliphatic heterocycles. The van der Waals surface area contributed by atoms with Crippen LogP contribution in [0.15, 0.2) is 78.2 Å². The SMILES string of the molecule is CC(Sc1nnc(-c2cccnc2)n1Cc1ccccc1)C(=O)Nc1ccc2c(c1)OCCO2. The Morgan fingerprint density at radius 1 is 1.06 bits per heavy atom. The Bertz CT molecular complexity index is 1280. The standard InChI is InChI=1S/C25H23N5O3S/c1-17(24(31)27-20-9-10-21-22(14-20)33-13-12-32-21)34-25-29-28-23(19-8-5-11-26-15-19)30(25)16-18-6-3-2-4-7-18/h2-11,14-15,17H,12-13,16H2,1H3,(H,27,31). The maximum absolute atomic E-state index is 13.0. The van der Waals surface area contributed by atoms with Gasteiger partial charge in [-0.1, -0.05) is 42.1 Å². The monoisotopic (exact) mass is 473 g/mol. The van der Waals surface area contributed by atoms with Crippen molar-refractivity contribution in [2.75, 3.05) is 18.5 Å². The zero-order valence-corrected chi connectivity index (χ0v) is 19.4. The summed E-state index contributed by atoms with van der Waals surface area (Å²) in [7, 11) is 0. The number of pyridine rings is 1. The first-order valence-corrected chi connectivity index (χ1v) is 11.8. The molecule has 0 radical (unpaired) electrons. The molecule has 2 aromatic carbocycles. The van der Waals surface area contributed by atoms with Crippen LogP contribution in [0.4, 0.5) is 5.69 Å². The van der Waals surface area contributed by atoms with Crippen LogP contribution in [0.1, 0.15) is 12.5 Å². The van der Waals surface area contributed by atoms with Crippen molar-refractivity contribution in [3.05, 3.63) is 78.6 Å². The number of fused-ring (bicyclic) bond motifs is 1. The number of carbonyl (C=O) groups is 1. The van der Waals surface area contributed by atoms with E-state index in [1.54, 1.807) is 30.6 Å². The number of ether oxygens (including phenoxy) is 2. The Balaban J connectivity index is 1.35. The van der Waals surface area contributed by atoms with Gasteiger partial charge in [-0.05, 0) is 36.8 Å². The van der Waals surface area contributed by atoms with Gasteiger partial charge >= 0.3 is 0 Å². The molecule has 34 heavy (non-hydrogen) atoms. The Morgan fingerprint density at radius 2 is 1.88 bits per heavy atom. The summed E-state index contributed by atoms with van der Waals surface area (Å²) >= 11 is 1.36. The number of carbonyl (C=O) groups excluding carboxylic acids is 1. The van der Waals surface area contributed by atoms with Crippen molar-refractivity contribution in [1.29, 1.82) is 0 Å². The van der Waals surface area contributed by atoms with Crippen molar-refractivity contribution >= 4 is 23.4 Å². The third-order valence-electron chi connectivity index (χ3n) is 5.28. The quantitative estimate of drug-likeness (QED) is 0.401. The Morgan fingerprint density at radius 3 is 2.68 bits per heavy atom. The van der Waals surface area contributed by atoms with Crippen molar-refractivity contribution in [2.45, 2.75) is 23.9 Å². The van der Waals surface area contributed by atoms with E-state index in [2.05, 4.69) is 32.6 Å². The van der Waals surface area contributed by atoms with E-state index in [1.165, 1.54) is 11.8 Å². The van der Waals surface area contributed by atoms with Crippen molar-refractivity contribution < 1.29 is 14.3 Å². The molecule has 4 aromatic rings. The minimum atomic E-state index is -0.409. The van der Waals surface area contributed by atoms with Gasteiger partial charge in [0.1, 0.15) is 13.2 Å². The first-order valence-electron chi connectivity index (χ1n) is 10.9. The van der Waals surface area contributed by atoms with E-state index in [-0.39, 0.29) is 5.91 Å². The van der Waals surface area contributed by atoms with Gasteiger partial charge in [-0.2, -0.15) is 0 Å². The van der Waals surface area contributed by atoms with Crippen LogP contribution in [0, 0.1) is 0 Å². The van der Waals surface area contributed by atoms with Gasteiger partial charge in [0.2, 0.25) is 5.91 Å². The molecule has 0 fully saturated rings. The number of aromatic nitrogens is 4. The molecule has 2 aromatic heterocycles. The fourth-order valence-electron chi connectivity index (χ4n) is 3.57. The van der Waals surface area contributed by atoms with Crippen molar-refractivity contribution in [3.63, 3.8) is 0 Å². The lowest BCUT2D eigenvalue weighted by Gasteiger charge is -2.19. The predicted octanol–water partition coefficient (Wildman–Crippen LogP) is 4.28. The summed E-state index contributed by atoms with van der Waals surface area (Å²) in [5, 5.41) is 12.0. The van der Waals surface area contributed by atoms with Crippen molar-refractivity contribution in [3.8, 4) is 22.9 Å². The summed E-state index contributed by atoms with van der Waals surface area (Å²) < 4.78 is 13.2. The molecule has 0 spiro atoms. The van der Waals surface area contributed by atoms with E-state index >= 15 is 0 Å². The second-order valence-electron chi connectivity index (χ2n) is 7.73. The van der Waals surface area contributed by atoms with E-state index in [9.17, 15) is 4.79 Å². The highest BCUT2D eigenvalue weighted by molar-refractivity contribution is 8.00. The Hall–Kier alpha value is -3.85. The number of hydrogen-bond donors (Lipinski definition) is 1. The Kier molecular flexibility index (Phi) is 6.44. The van der Waals surface area contributed by atoms with Crippen LogP contribution in [-0.2, 0) is 11.3 Å². The lowest BCUT2D eigenvalue weighted by molar-refractivity contribution is -0.115. The molecule has 1 atom stereocenters. The van der Waals surface area contributed by atoms with Crippen LogP contribution >= 0.6 is 11.8 Å². The minimum Gasteiger partial charge on any atom is -0.486 e. The van der Waals surface area contributed by atoms with E-state index in [0.717, 1.165) is 11.1 Å². The number of amides is 1. The van der Waals surface area contributed by atoms with Crippen LogP contribution in [0.2, 0.25) is 0 Å². The number of nitrogens with one attached hydrogen (secondary N) is 1. The maximum atomic E-state index is 13.0. The zero-order valence-electron chi connectivity index (χ0n) is 18.5. The highest BCUT2D eigenvalue weighted by atomic mass is 32.2. The number of hydrogen-bond acceptors (Lipinski definition) is 7. The predicted molar refractivity (Wildman–Crippen MR) is 130 cm³/mol. The molecule has 1 N–H and O–H groups in total. The van der Waals surface area contributed by atoms with Gasteiger partial charge < -0.3 is 14.8 Å². The van der Waals surface area contributed by atoms with E-state index in [1.807, 2.05) is 41.8 Å². The fraction of sp³-hybridized carbons (Fsp3) is 0.200. The van der Waals surface area contributed by atoms with Crippen LogP contribution in [0.25, 0.3) is 11.4 Å². The van der Waals surface area contributed by atoms with Gasteiger partial charge in [0.15, 0.2) is 22.5 Å². The number of rotatable bonds is 7. The number of anilines is 1. The highest BCUT2D eigenvalue weighted by Crippen LogP contribution is 2.33. The summed E-state index contributed by atoms with van der Waals surface area (Å²) in [5.74, 6) is 1.88. The highest BCUT2D eigenvalue weighted by Gasteiger charge is 2.22. The lowest BCUT2D eigenvalue weighted by Crippen LogP contribution is -2.23. The fourth-order valence-corrected chi connectivity index (χ4v) is 4.42. The first kappa shape index (κ1) is 22.0. The summed E-state index contributed by atoms with van der Waals surface area (Å²) in [4.78, 5) is 17.2. The van der Waals surface area contributed by atoms with E-state index < -0.39 is 5.25 Å². The molecule has 0 bridgehead atoms. The van der Waals surface area contributed by atoms with E-state index in [4.69, 9.17) is 9.47 Å². The summed E-state index contributed by atoms with van der Waals surface area (Å²) in [6, 6.07) is 19.3. The molecule has 172 valence electrons. The summed E-state index contributed by atoms with van der Waals surface area (Å²) in [6.07, 6.45) is 3.49. The molecule has 0 saturated carbocycles. The molecular formula is C25H23N5O3S. The molecule has 1 aliphatic rings. The van der Waals surface area contributed by atoms with Crippen molar-refractivity contribution in [2.24, 2.45) is 0 Å². The third kappa shape index (κ3) is 4.89. The molecule has 1 unspecified atom stereocenters. The average Bonchev–Trinajstić information content (AvgIpc) is 3.26. The molecule has 5 rings (SSSR count). The molecule has 1 amide bonds. The van der Waals surface area contributed by atoms with Crippen LogP contribution in [-0.4, -0.2) is 44.1 Å². The number of nitrogens with zero attached hydrogens (tertiary/aromatic N) is 4. The average molecular weight is 474 g/mol. The smallest absolute Gasteiger partial charge is 0.237 e. The number of thioether (sulfide) groups is 1. The second kappa shape index (κ2) is 9.96. The third-order valence-corrected chi connectivity index (χ3v) is 6.36. The van der Waals surface area contributed by atoms with Gasteiger partial charge in [0.25, 0.3) is 0 Å². The largest absolute Gasteiger partial charge is 0.486 e. The molecule has 0 saturated heterocycles. The van der Waals surface area contributed by atoms with Gasteiger partial charge in [-0.15, -0.1) is 10.2 Å². The number of benzene rings is 2. The van der Waals surface area contributed by atoms with Gasteiger partial charge in [-0.25, -0.2) is 0 Å². The molecule has 0 aliphatic carbocycles. The first-order chi connectivity index (χ1) is 16.7. The van der Waals surface area contributed by atoms with Crippen LogP contribution < -0.4 is 14.8 Å². The normalized spacial score (nSPS) is 13.3. The maximum Gasteiger partial charge on any atom is 0.237 e. The second-order valence-corrected chi connectivity index (χ2v) is 9.04. The van der Waals surface area contributed by atoms with Crippen LogP contribution in [0.5, 0.6) is 11.5 Å². The molecule has 9 heteroatoms. The van der Waals surface area contributed by atoms with Gasteiger partial charge in [-0.3, -0.25) is 14.3 Å². The lowest BCUT2D eigenvalue weighted by atomic mass is 10.2. The topological polar surface area (TPSA) is 91.2 Å². The Labute approximate surface area is 201 Å². The molecule has 8 nitrogen and oxygen atoms in total. The van der Waals surface area contributed by atoms with Crippen LogP contribution in [0.3, 0.4) is 0 Å². The minimum absolute atomic E-state index is 0.140. The molecule has 3 heterocycles.